The first kappa shape index (κ1) is 21.8. The number of rotatable bonds is 9. The molecule has 0 bridgehead atoms. The summed E-state index contributed by atoms with van der Waals surface area (Å²) in [6.07, 6.45) is 0. The fourth-order valence-electron chi connectivity index (χ4n) is 2.70. The van der Waals surface area contributed by atoms with E-state index < -0.39 is 0 Å². The van der Waals surface area contributed by atoms with Crippen molar-refractivity contribution in [1.29, 1.82) is 0 Å². The Morgan fingerprint density at radius 1 is 1.09 bits per heavy atom. The Hall–Kier alpha value is -3.37. The minimum atomic E-state index is -0.173. The largest absolute Gasteiger partial charge is 0.497 e. The monoisotopic (exact) mass is 467 g/mol. The number of aromatic amines is 1. The number of nitrogens with one attached hydrogen (secondary N) is 2. The van der Waals surface area contributed by atoms with Crippen LogP contribution in [-0.2, 0) is 11.4 Å². The van der Waals surface area contributed by atoms with Gasteiger partial charge in [0.1, 0.15) is 18.1 Å². The standard InChI is InChI=1S/C22H21N5O3S2/c1-14-3-7-17(8-4-14)30-11-19-24-22(27-26-19)32-13-20(28)25-21-23-18(12-31-21)15-5-9-16(29-2)10-6-15/h3-10,12H,11,13H2,1-2H3,(H,23,25,28)(H,24,26,27). The van der Waals surface area contributed by atoms with Gasteiger partial charge in [0.15, 0.2) is 11.0 Å². The van der Waals surface area contributed by atoms with Gasteiger partial charge in [-0.2, -0.15) is 0 Å². The smallest absolute Gasteiger partial charge is 0.236 e. The van der Waals surface area contributed by atoms with Crippen LogP contribution in [0.15, 0.2) is 59.1 Å². The number of hydrogen-bond acceptors (Lipinski definition) is 8. The number of carbonyl (C=O) groups is 1. The average Bonchev–Trinajstić information content (AvgIpc) is 3.47. The molecule has 164 valence electrons. The summed E-state index contributed by atoms with van der Waals surface area (Å²) in [5.74, 6) is 2.14. The Labute approximate surface area is 193 Å². The minimum Gasteiger partial charge on any atom is -0.497 e. The fraction of sp³-hybridized carbons (Fsp3) is 0.182. The Morgan fingerprint density at radius 3 is 2.59 bits per heavy atom. The second-order valence-electron chi connectivity index (χ2n) is 6.77. The Morgan fingerprint density at radius 2 is 1.84 bits per heavy atom. The number of nitrogens with zero attached hydrogens (tertiary/aromatic N) is 3. The topological polar surface area (TPSA) is 102 Å². The molecule has 0 saturated heterocycles. The van der Waals surface area contributed by atoms with E-state index in [2.05, 4.69) is 25.5 Å². The van der Waals surface area contributed by atoms with Crippen molar-refractivity contribution in [3.63, 3.8) is 0 Å². The van der Waals surface area contributed by atoms with Gasteiger partial charge in [-0.1, -0.05) is 29.5 Å². The number of methoxy groups -OCH3 is 1. The second-order valence-corrected chi connectivity index (χ2v) is 8.57. The molecule has 0 unspecified atom stereocenters. The number of aromatic nitrogens is 4. The molecule has 32 heavy (non-hydrogen) atoms. The molecule has 0 fully saturated rings. The van der Waals surface area contributed by atoms with Gasteiger partial charge in [0, 0.05) is 10.9 Å². The molecule has 2 N–H and O–H groups in total. The highest BCUT2D eigenvalue weighted by atomic mass is 32.2. The summed E-state index contributed by atoms with van der Waals surface area (Å²) in [4.78, 5) is 21.1. The number of thiazole rings is 1. The molecule has 0 saturated carbocycles. The number of aryl methyl sites for hydroxylation is 1. The molecule has 8 nitrogen and oxygen atoms in total. The fourth-order valence-corrected chi connectivity index (χ4v) is 4.06. The van der Waals surface area contributed by atoms with Gasteiger partial charge < -0.3 is 14.8 Å². The van der Waals surface area contributed by atoms with Crippen molar-refractivity contribution in [1.82, 2.24) is 20.2 Å². The van der Waals surface area contributed by atoms with Gasteiger partial charge in [-0.3, -0.25) is 9.89 Å². The van der Waals surface area contributed by atoms with E-state index in [4.69, 9.17) is 9.47 Å². The summed E-state index contributed by atoms with van der Waals surface area (Å²) in [6, 6.07) is 15.4. The highest BCUT2D eigenvalue weighted by Gasteiger charge is 2.11. The van der Waals surface area contributed by atoms with Crippen LogP contribution >= 0.6 is 23.1 Å². The Bertz CT molecular complexity index is 1170. The lowest BCUT2D eigenvalue weighted by molar-refractivity contribution is -0.113. The quantitative estimate of drug-likeness (QED) is 0.348. The predicted octanol–water partition coefficient (Wildman–Crippen LogP) is 4.56. The summed E-state index contributed by atoms with van der Waals surface area (Å²) < 4.78 is 10.8. The van der Waals surface area contributed by atoms with Crippen molar-refractivity contribution in [2.45, 2.75) is 18.7 Å². The lowest BCUT2D eigenvalue weighted by Crippen LogP contribution is -2.13. The van der Waals surface area contributed by atoms with Crippen LogP contribution in [0.4, 0.5) is 5.13 Å². The van der Waals surface area contributed by atoms with E-state index >= 15 is 0 Å². The van der Waals surface area contributed by atoms with E-state index in [1.54, 1.807) is 7.11 Å². The molecule has 2 heterocycles. The Kier molecular flexibility index (Phi) is 7.03. The van der Waals surface area contributed by atoms with E-state index in [9.17, 15) is 4.79 Å². The van der Waals surface area contributed by atoms with Crippen LogP contribution < -0.4 is 14.8 Å². The number of hydrogen-bond donors (Lipinski definition) is 2. The van der Waals surface area contributed by atoms with Gasteiger partial charge in [0.25, 0.3) is 0 Å². The average molecular weight is 468 g/mol. The summed E-state index contributed by atoms with van der Waals surface area (Å²) in [7, 11) is 1.63. The highest BCUT2D eigenvalue weighted by molar-refractivity contribution is 7.99. The molecular weight excluding hydrogens is 446 g/mol. The number of thioether (sulfide) groups is 1. The zero-order chi connectivity index (χ0) is 22.3. The van der Waals surface area contributed by atoms with Gasteiger partial charge in [-0.25, -0.2) is 9.97 Å². The molecule has 0 atom stereocenters. The van der Waals surface area contributed by atoms with E-state index in [0.29, 0.717) is 16.1 Å². The first-order chi connectivity index (χ1) is 15.6. The molecule has 10 heteroatoms. The normalized spacial score (nSPS) is 10.7. The van der Waals surface area contributed by atoms with Crippen LogP contribution in [0.25, 0.3) is 11.3 Å². The molecule has 2 aromatic carbocycles. The minimum absolute atomic E-state index is 0.173. The number of carbonyl (C=O) groups excluding carboxylic acids is 1. The first-order valence-corrected chi connectivity index (χ1v) is 11.6. The SMILES string of the molecule is COc1ccc(-c2csc(NC(=O)CSc3n[nH]c(COc4ccc(C)cc4)n3)n2)cc1. The van der Waals surface area contributed by atoms with Crippen molar-refractivity contribution >= 4 is 34.1 Å². The maximum atomic E-state index is 12.3. The van der Waals surface area contributed by atoms with E-state index in [0.717, 1.165) is 22.8 Å². The van der Waals surface area contributed by atoms with Crippen molar-refractivity contribution < 1.29 is 14.3 Å². The molecular formula is C22H21N5O3S2. The summed E-state index contributed by atoms with van der Waals surface area (Å²) in [5, 5.41) is 12.7. The first-order valence-electron chi connectivity index (χ1n) is 9.72. The highest BCUT2D eigenvalue weighted by Crippen LogP contribution is 2.26. The zero-order valence-electron chi connectivity index (χ0n) is 17.5. The molecule has 0 aliphatic rings. The molecule has 1 amide bonds. The van der Waals surface area contributed by atoms with Gasteiger partial charge in [0.2, 0.25) is 11.1 Å². The molecule has 0 aliphatic heterocycles. The third kappa shape index (κ3) is 5.86. The zero-order valence-corrected chi connectivity index (χ0v) is 19.1. The van der Waals surface area contributed by atoms with Crippen LogP contribution in [0, 0.1) is 6.92 Å². The van der Waals surface area contributed by atoms with Crippen molar-refractivity contribution in [3.8, 4) is 22.8 Å². The predicted molar refractivity (Wildman–Crippen MR) is 125 cm³/mol. The van der Waals surface area contributed by atoms with Crippen LogP contribution in [0.5, 0.6) is 11.5 Å². The van der Waals surface area contributed by atoms with Crippen molar-refractivity contribution in [3.05, 3.63) is 65.3 Å². The van der Waals surface area contributed by atoms with E-state index in [-0.39, 0.29) is 18.3 Å². The van der Waals surface area contributed by atoms with E-state index in [1.165, 1.54) is 28.7 Å². The van der Waals surface area contributed by atoms with Crippen molar-refractivity contribution in [2.24, 2.45) is 0 Å². The number of ether oxygens (including phenoxy) is 2. The molecule has 2 aromatic heterocycles. The molecule has 0 radical (unpaired) electrons. The van der Waals surface area contributed by atoms with Gasteiger partial charge >= 0.3 is 0 Å². The lowest BCUT2D eigenvalue weighted by atomic mass is 10.2. The third-order valence-electron chi connectivity index (χ3n) is 4.38. The molecule has 4 rings (SSSR count). The third-order valence-corrected chi connectivity index (χ3v) is 5.98. The summed E-state index contributed by atoms with van der Waals surface area (Å²) >= 11 is 2.62. The summed E-state index contributed by atoms with van der Waals surface area (Å²) in [5.41, 5.74) is 2.93. The van der Waals surface area contributed by atoms with Crippen LogP contribution in [-0.4, -0.2) is 38.9 Å². The molecule has 4 aromatic rings. The van der Waals surface area contributed by atoms with Crippen molar-refractivity contribution in [2.75, 3.05) is 18.2 Å². The number of benzene rings is 2. The summed E-state index contributed by atoms with van der Waals surface area (Å²) in [6.45, 7) is 2.30. The maximum Gasteiger partial charge on any atom is 0.236 e. The van der Waals surface area contributed by atoms with E-state index in [1.807, 2.05) is 60.8 Å². The number of H-pyrrole nitrogens is 1. The number of anilines is 1. The maximum absolute atomic E-state index is 12.3. The van der Waals surface area contributed by atoms with Crippen LogP contribution in [0.2, 0.25) is 0 Å². The second kappa shape index (κ2) is 10.3. The molecule has 0 aliphatic carbocycles. The number of amides is 1. The molecule has 0 spiro atoms. The van der Waals surface area contributed by atoms with Crippen LogP contribution in [0.1, 0.15) is 11.4 Å². The lowest BCUT2D eigenvalue weighted by Gasteiger charge is -2.03. The Balaban J connectivity index is 1.24. The van der Waals surface area contributed by atoms with Gasteiger partial charge in [-0.05, 0) is 43.3 Å². The van der Waals surface area contributed by atoms with Crippen LogP contribution in [0.3, 0.4) is 0 Å². The van der Waals surface area contributed by atoms with Gasteiger partial charge in [0.05, 0.1) is 18.6 Å². The van der Waals surface area contributed by atoms with Gasteiger partial charge in [-0.15, -0.1) is 16.4 Å².